The maximum Gasteiger partial charge on any atom is 0.0833 e. The van der Waals surface area contributed by atoms with Crippen LogP contribution < -0.4 is 0 Å². The fourth-order valence-electron chi connectivity index (χ4n) is 0.998. The lowest BCUT2D eigenvalue weighted by atomic mass is 10.2. The van der Waals surface area contributed by atoms with Crippen LogP contribution in [0, 0.1) is 6.07 Å². The number of fused-ring (bicyclic) bond motifs is 1. The second kappa shape index (κ2) is 2.43. The van der Waals surface area contributed by atoms with Crippen molar-refractivity contribution in [3.05, 3.63) is 34.4 Å². The second-order valence-corrected chi connectivity index (χ2v) is 3.00. The van der Waals surface area contributed by atoms with Gasteiger partial charge in [0.05, 0.1) is 15.6 Å². The van der Waals surface area contributed by atoms with Gasteiger partial charge in [0.15, 0.2) is 0 Å². The van der Waals surface area contributed by atoms with Crippen LogP contribution in [0.25, 0.3) is 10.9 Å². The number of hydrogen-bond donors (Lipinski definition) is 1. The first kappa shape index (κ1) is 7.01. The summed E-state index contributed by atoms with van der Waals surface area (Å²) in [6.45, 7) is 0. The van der Waals surface area contributed by atoms with Gasteiger partial charge >= 0.3 is 0 Å². The maximum atomic E-state index is 5.88. The van der Waals surface area contributed by atoms with Crippen molar-refractivity contribution < 1.29 is 0 Å². The minimum Gasteiger partial charge on any atom is -0.359 e. The Kier molecular flexibility index (Phi) is 1.55. The third kappa shape index (κ3) is 1.01. The van der Waals surface area contributed by atoms with E-state index in [1.54, 1.807) is 12.3 Å². The van der Waals surface area contributed by atoms with Crippen molar-refractivity contribution in [3.63, 3.8) is 0 Å². The van der Waals surface area contributed by atoms with Gasteiger partial charge in [0, 0.05) is 17.6 Å². The Bertz CT molecular complexity index is 392. The molecular formula is C8H4Cl2N. The molecule has 0 atom stereocenters. The number of aromatic amines is 1. The van der Waals surface area contributed by atoms with Crippen LogP contribution in [0.3, 0.4) is 0 Å². The summed E-state index contributed by atoms with van der Waals surface area (Å²) < 4.78 is 0. The molecule has 55 valence electrons. The first-order valence-electron chi connectivity index (χ1n) is 3.12. The molecule has 2 rings (SSSR count). The zero-order valence-electron chi connectivity index (χ0n) is 5.49. The molecule has 0 aliphatic heterocycles. The predicted molar refractivity (Wildman–Crippen MR) is 47.2 cm³/mol. The van der Waals surface area contributed by atoms with Crippen LogP contribution in [0.15, 0.2) is 18.3 Å². The zero-order valence-corrected chi connectivity index (χ0v) is 7.00. The molecule has 0 amide bonds. The standard InChI is InChI=1S/C8H4Cl2N/c9-6-2-1-5-3-4-11-8(5)7(6)10/h1-2,4,11H. The Labute approximate surface area is 73.9 Å². The molecule has 0 fully saturated rings. The van der Waals surface area contributed by atoms with Gasteiger partial charge in [-0.1, -0.05) is 29.3 Å². The molecule has 1 aromatic heterocycles. The minimum absolute atomic E-state index is 0.561. The van der Waals surface area contributed by atoms with E-state index in [1.165, 1.54) is 0 Å². The summed E-state index contributed by atoms with van der Waals surface area (Å²) >= 11 is 11.7. The van der Waals surface area contributed by atoms with Gasteiger partial charge in [0.25, 0.3) is 0 Å². The fraction of sp³-hybridized carbons (Fsp3) is 0. The molecule has 1 aromatic carbocycles. The van der Waals surface area contributed by atoms with Gasteiger partial charge in [0.2, 0.25) is 0 Å². The highest BCUT2D eigenvalue weighted by Crippen LogP contribution is 2.28. The Morgan fingerprint density at radius 1 is 1.27 bits per heavy atom. The van der Waals surface area contributed by atoms with Crippen molar-refractivity contribution in [2.75, 3.05) is 0 Å². The lowest BCUT2D eigenvalue weighted by Crippen LogP contribution is -1.71. The summed E-state index contributed by atoms with van der Waals surface area (Å²) in [7, 11) is 0. The normalized spacial score (nSPS) is 10.7. The highest BCUT2D eigenvalue weighted by Gasteiger charge is 2.02. The van der Waals surface area contributed by atoms with Crippen LogP contribution in [0.4, 0.5) is 0 Å². The Morgan fingerprint density at radius 3 is 2.91 bits per heavy atom. The van der Waals surface area contributed by atoms with Crippen LogP contribution in [0.5, 0.6) is 0 Å². The van der Waals surface area contributed by atoms with E-state index in [0.717, 1.165) is 10.9 Å². The molecule has 0 aliphatic carbocycles. The van der Waals surface area contributed by atoms with Crippen LogP contribution in [-0.4, -0.2) is 4.98 Å². The summed E-state index contributed by atoms with van der Waals surface area (Å²) in [5.74, 6) is 0. The molecule has 1 nitrogen and oxygen atoms in total. The summed E-state index contributed by atoms with van der Waals surface area (Å²) in [4.78, 5) is 2.96. The summed E-state index contributed by atoms with van der Waals surface area (Å²) in [6.07, 6.45) is 1.72. The number of hydrogen-bond acceptors (Lipinski definition) is 0. The van der Waals surface area contributed by atoms with E-state index in [0.29, 0.717) is 10.0 Å². The first-order valence-corrected chi connectivity index (χ1v) is 3.87. The van der Waals surface area contributed by atoms with Crippen molar-refractivity contribution in [1.82, 2.24) is 4.98 Å². The van der Waals surface area contributed by atoms with E-state index in [4.69, 9.17) is 23.2 Å². The Balaban J connectivity index is 2.93. The number of rotatable bonds is 0. The third-order valence-electron chi connectivity index (χ3n) is 1.54. The molecule has 0 bridgehead atoms. The lowest BCUT2D eigenvalue weighted by Gasteiger charge is -1.95. The maximum absolute atomic E-state index is 5.88. The van der Waals surface area contributed by atoms with E-state index >= 15 is 0 Å². The van der Waals surface area contributed by atoms with Crippen molar-refractivity contribution in [2.24, 2.45) is 0 Å². The largest absolute Gasteiger partial charge is 0.359 e. The minimum atomic E-state index is 0.561. The van der Waals surface area contributed by atoms with Crippen LogP contribution in [-0.2, 0) is 0 Å². The van der Waals surface area contributed by atoms with Gasteiger partial charge < -0.3 is 4.98 Å². The van der Waals surface area contributed by atoms with Gasteiger partial charge in [-0.25, -0.2) is 0 Å². The Hall–Kier alpha value is -0.660. The van der Waals surface area contributed by atoms with Gasteiger partial charge in [-0.3, -0.25) is 0 Å². The number of benzene rings is 1. The van der Waals surface area contributed by atoms with Gasteiger partial charge in [0.1, 0.15) is 0 Å². The van der Waals surface area contributed by atoms with E-state index in [-0.39, 0.29) is 0 Å². The van der Waals surface area contributed by atoms with E-state index < -0.39 is 0 Å². The molecule has 1 radical (unpaired) electrons. The van der Waals surface area contributed by atoms with Crippen molar-refractivity contribution in [3.8, 4) is 0 Å². The summed E-state index contributed by atoms with van der Waals surface area (Å²) in [5, 5.41) is 2.08. The summed E-state index contributed by atoms with van der Waals surface area (Å²) in [5.41, 5.74) is 0.846. The fourth-order valence-corrected chi connectivity index (χ4v) is 1.37. The smallest absolute Gasteiger partial charge is 0.0833 e. The van der Waals surface area contributed by atoms with Crippen molar-refractivity contribution in [2.45, 2.75) is 0 Å². The van der Waals surface area contributed by atoms with Crippen LogP contribution >= 0.6 is 23.2 Å². The van der Waals surface area contributed by atoms with E-state index in [9.17, 15) is 0 Å². The summed E-state index contributed by atoms with van der Waals surface area (Å²) in [6, 6.07) is 6.62. The second-order valence-electron chi connectivity index (χ2n) is 2.22. The van der Waals surface area contributed by atoms with Gasteiger partial charge in [-0.15, -0.1) is 0 Å². The van der Waals surface area contributed by atoms with Gasteiger partial charge in [-0.05, 0) is 6.07 Å². The van der Waals surface area contributed by atoms with Gasteiger partial charge in [-0.2, -0.15) is 0 Å². The lowest BCUT2D eigenvalue weighted by molar-refractivity contribution is 1.47. The molecule has 1 heterocycles. The SMILES string of the molecule is Clc1ccc2[c]c[nH]c2c1Cl. The first-order chi connectivity index (χ1) is 5.29. The number of halogens is 2. The molecule has 0 unspecified atom stereocenters. The molecule has 1 N–H and O–H groups in total. The molecule has 0 spiro atoms. The zero-order chi connectivity index (χ0) is 7.84. The molecule has 3 heteroatoms. The highest BCUT2D eigenvalue weighted by atomic mass is 35.5. The number of aromatic nitrogens is 1. The molecule has 0 aliphatic rings. The molecule has 0 saturated heterocycles. The van der Waals surface area contributed by atoms with Crippen LogP contribution in [0.1, 0.15) is 0 Å². The quantitative estimate of drug-likeness (QED) is 0.648. The number of nitrogens with one attached hydrogen (secondary N) is 1. The van der Waals surface area contributed by atoms with Crippen LogP contribution in [0.2, 0.25) is 10.0 Å². The Morgan fingerprint density at radius 2 is 2.09 bits per heavy atom. The van der Waals surface area contributed by atoms with E-state index in [2.05, 4.69) is 11.1 Å². The molecular weight excluding hydrogens is 181 g/mol. The molecule has 2 aromatic rings. The molecule has 11 heavy (non-hydrogen) atoms. The highest BCUT2D eigenvalue weighted by molar-refractivity contribution is 6.44. The predicted octanol–water partition coefficient (Wildman–Crippen LogP) is 3.27. The van der Waals surface area contributed by atoms with Crippen molar-refractivity contribution >= 4 is 34.1 Å². The van der Waals surface area contributed by atoms with Crippen molar-refractivity contribution in [1.29, 1.82) is 0 Å². The van der Waals surface area contributed by atoms with E-state index in [1.807, 2.05) is 6.07 Å². The third-order valence-corrected chi connectivity index (χ3v) is 2.34. The topological polar surface area (TPSA) is 15.8 Å². The average molecular weight is 185 g/mol. The average Bonchev–Trinajstić information content (AvgIpc) is 2.45. The number of H-pyrrole nitrogens is 1. The molecule has 0 saturated carbocycles. The monoisotopic (exact) mass is 184 g/mol.